The van der Waals surface area contributed by atoms with Crippen LogP contribution >= 0.6 is 27.5 Å². The van der Waals surface area contributed by atoms with Crippen molar-refractivity contribution in [1.29, 1.82) is 0 Å². The number of hydrogen-bond acceptors (Lipinski definition) is 1. The fourth-order valence-electron chi connectivity index (χ4n) is 1.21. The Morgan fingerprint density at radius 3 is 2.86 bits per heavy atom. The molecule has 1 nitrogen and oxygen atoms in total. The SMILES string of the molecule is C=C(Cl)CCc1cc(Br)ccc1OC. The molecule has 76 valence electrons. The molecule has 1 rings (SSSR count). The van der Waals surface area contributed by atoms with Gasteiger partial charge in [0.05, 0.1) is 7.11 Å². The summed E-state index contributed by atoms with van der Waals surface area (Å²) in [6, 6.07) is 5.94. The second-order valence-corrected chi connectivity index (χ2v) is 4.42. The van der Waals surface area contributed by atoms with Crippen molar-refractivity contribution in [2.24, 2.45) is 0 Å². The normalized spacial score (nSPS) is 9.93. The van der Waals surface area contributed by atoms with Gasteiger partial charge in [-0.3, -0.25) is 0 Å². The smallest absolute Gasteiger partial charge is 0.122 e. The summed E-state index contributed by atoms with van der Waals surface area (Å²) < 4.78 is 6.29. The zero-order valence-electron chi connectivity index (χ0n) is 8.02. The number of halogens is 2. The topological polar surface area (TPSA) is 9.23 Å². The number of ether oxygens (including phenoxy) is 1. The third-order valence-corrected chi connectivity index (χ3v) is 2.59. The van der Waals surface area contributed by atoms with Crippen LogP contribution in [0.15, 0.2) is 34.3 Å². The van der Waals surface area contributed by atoms with Gasteiger partial charge in [0.25, 0.3) is 0 Å². The van der Waals surface area contributed by atoms with Crippen molar-refractivity contribution in [1.82, 2.24) is 0 Å². The minimum atomic E-state index is 0.673. The number of aryl methyl sites for hydroxylation is 1. The summed E-state index contributed by atoms with van der Waals surface area (Å²) in [5.74, 6) is 0.895. The molecule has 0 amide bonds. The molecule has 0 bridgehead atoms. The van der Waals surface area contributed by atoms with Crippen molar-refractivity contribution in [3.8, 4) is 5.75 Å². The maximum Gasteiger partial charge on any atom is 0.122 e. The van der Waals surface area contributed by atoms with Crippen molar-refractivity contribution < 1.29 is 4.74 Å². The Hall–Kier alpha value is -0.470. The van der Waals surface area contributed by atoms with E-state index in [1.165, 1.54) is 0 Å². The molecule has 0 saturated heterocycles. The molecule has 1 aromatic carbocycles. The average molecular weight is 276 g/mol. The van der Waals surface area contributed by atoms with Gasteiger partial charge in [0.1, 0.15) is 5.75 Å². The molecular formula is C11H12BrClO. The van der Waals surface area contributed by atoms with Crippen molar-refractivity contribution in [3.63, 3.8) is 0 Å². The van der Waals surface area contributed by atoms with E-state index in [2.05, 4.69) is 22.5 Å². The molecule has 3 heteroatoms. The first-order valence-electron chi connectivity index (χ1n) is 4.29. The fourth-order valence-corrected chi connectivity index (χ4v) is 1.72. The number of hydrogen-bond donors (Lipinski definition) is 0. The van der Waals surface area contributed by atoms with Gasteiger partial charge < -0.3 is 4.74 Å². The molecule has 0 aromatic heterocycles. The maximum atomic E-state index is 5.72. The standard InChI is InChI=1S/C11H12BrClO/c1-8(13)3-4-9-7-10(12)5-6-11(9)14-2/h5-7H,1,3-4H2,2H3. The largest absolute Gasteiger partial charge is 0.496 e. The van der Waals surface area contributed by atoms with Crippen LogP contribution in [-0.4, -0.2) is 7.11 Å². The predicted octanol–water partition coefficient (Wildman–Crippen LogP) is 4.14. The Morgan fingerprint density at radius 1 is 1.57 bits per heavy atom. The summed E-state index contributed by atoms with van der Waals surface area (Å²) in [5.41, 5.74) is 1.14. The Kier molecular flexibility index (Phi) is 4.49. The van der Waals surface area contributed by atoms with E-state index in [9.17, 15) is 0 Å². The van der Waals surface area contributed by atoms with E-state index in [-0.39, 0.29) is 0 Å². The molecule has 14 heavy (non-hydrogen) atoms. The van der Waals surface area contributed by atoms with Gasteiger partial charge >= 0.3 is 0 Å². The van der Waals surface area contributed by atoms with Crippen LogP contribution in [0.1, 0.15) is 12.0 Å². The summed E-state index contributed by atoms with van der Waals surface area (Å²) in [6.07, 6.45) is 1.62. The number of benzene rings is 1. The Morgan fingerprint density at radius 2 is 2.29 bits per heavy atom. The molecule has 0 spiro atoms. The molecule has 0 heterocycles. The molecule has 0 aliphatic heterocycles. The van der Waals surface area contributed by atoms with Crippen LogP contribution < -0.4 is 4.74 Å². The van der Waals surface area contributed by atoms with E-state index >= 15 is 0 Å². The van der Waals surface area contributed by atoms with Crippen LogP contribution in [0.4, 0.5) is 0 Å². The van der Waals surface area contributed by atoms with Gasteiger partial charge in [0.15, 0.2) is 0 Å². The molecular weight excluding hydrogens is 263 g/mol. The van der Waals surface area contributed by atoms with Crippen molar-refractivity contribution in [2.75, 3.05) is 7.11 Å². The molecule has 1 aromatic rings. The van der Waals surface area contributed by atoms with Crippen LogP contribution in [0.25, 0.3) is 0 Å². The predicted molar refractivity (Wildman–Crippen MR) is 64.0 cm³/mol. The third kappa shape index (κ3) is 3.35. The molecule has 0 aliphatic rings. The Bertz CT molecular complexity index is 336. The molecule has 0 unspecified atom stereocenters. The second kappa shape index (κ2) is 5.42. The molecule has 0 saturated carbocycles. The molecule has 0 atom stereocenters. The van der Waals surface area contributed by atoms with Gasteiger partial charge in [-0.2, -0.15) is 0 Å². The maximum absolute atomic E-state index is 5.72. The zero-order valence-corrected chi connectivity index (χ0v) is 10.4. The third-order valence-electron chi connectivity index (χ3n) is 1.91. The highest BCUT2D eigenvalue weighted by Gasteiger charge is 2.03. The van der Waals surface area contributed by atoms with E-state index in [1.807, 2.05) is 18.2 Å². The van der Waals surface area contributed by atoms with Crippen molar-refractivity contribution in [2.45, 2.75) is 12.8 Å². The molecule has 0 N–H and O–H groups in total. The van der Waals surface area contributed by atoms with Gasteiger partial charge in [-0.1, -0.05) is 34.1 Å². The highest BCUT2D eigenvalue weighted by Crippen LogP contribution is 2.25. The summed E-state index contributed by atoms with van der Waals surface area (Å²) in [4.78, 5) is 0. The van der Waals surface area contributed by atoms with E-state index in [0.717, 1.165) is 28.6 Å². The van der Waals surface area contributed by atoms with Crippen LogP contribution in [0.3, 0.4) is 0 Å². The van der Waals surface area contributed by atoms with Gasteiger partial charge in [-0.15, -0.1) is 0 Å². The van der Waals surface area contributed by atoms with Crippen LogP contribution in [0, 0.1) is 0 Å². The van der Waals surface area contributed by atoms with Crippen LogP contribution in [0.5, 0.6) is 5.75 Å². The minimum Gasteiger partial charge on any atom is -0.496 e. The molecule has 0 radical (unpaired) electrons. The first kappa shape index (κ1) is 11.6. The van der Waals surface area contributed by atoms with Gasteiger partial charge in [0.2, 0.25) is 0 Å². The van der Waals surface area contributed by atoms with E-state index < -0.39 is 0 Å². The summed E-state index contributed by atoms with van der Waals surface area (Å²) in [5, 5.41) is 0.673. The van der Waals surface area contributed by atoms with Gasteiger partial charge in [-0.05, 0) is 36.6 Å². The highest BCUT2D eigenvalue weighted by molar-refractivity contribution is 9.10. The lowest BCUT2D eigenvalue weighted by molar-refractivity contribution is 0.409. The lowest BCUT2D eigenvalue weighted by atomic mass is 10.1. The number of methoxy groups -OCH3 is 1. The van der Waals surface area contributed by atoms with E-state index in [1.54, 1.807) is 7.11 Å². The lowest BCUT2D eigenvalue weighted by Gasteiger charge is -2.08. The Balaban J connectivity index is 2.82. The number of rotatable bonds is 4. The average Bonchev–Trinajstić information content (AvgIpc) is 2.15. The molecule has 0 fully saturated rings. The monoisotopic (exact) mass is 274 g/mol. The quantitative estimate of drug-likeness (QED) is 0.802. The Labute approximate surface area is 97.9 Å². The van der Waals surface area contributed by atoms with Crippen LogP contribution in [0.2, 0.25) is 0 Å². The minimum absolute atomic E-state index is 0.673. The summed E-state index contributed by atoms with van der Waals surface area (Å²) in [6.45, 7) is 3.66. The van der Waals surface area contributed by atoms with E-state index in [4.69, 9.17) is 16.3 Å². The fraction of sp³-hybridized carbons (Fsp3) is 0.273. The lowest BCUT2D eigenvalue weighted by Crippen LogP contribution is -1.92. The van der Waals surface area contributed by atoms with Crippen molar-refractivity contribution >= 4 is 27.5 Å². The summed E-state index contributed by atoms with van der Waals surface area (Å²) >= 11 is 9.14. The van der Waals surface area contributed by atoms with Crippen molar-refractivity contribution in [3.05, 3.63) is 39.8 Å². The zero-order chi connectivity index (χ0) is 10.6. The first-order chi connectivity index (χ1) is 6.63. The number of allylic oxidation sites excluding steroid dienone is 1. The first-order valence-corrected chi connectivity index (χ1v) is 5.46. The van der Waals surface area contributed by atoms with Gasteiger partial charge in [0, 0.05) is 9.51 Å². The molecule has 0 aliphatic carbocycles. The highest BCUT2D eigenvalue weighted by atomic mass is 79.9. The summed E-state index contributed by atoms with van der Waals surface area (Å²) in [7, 11) is 1.67. The second-order valence-electron chi connectivity index (χ2n) is 2.97. The van der Waals surface area contributed by atoms with E-state index in [0.29, 0.717) is 5.03 Å². The van der Waals surface area contributed by atoms with Crippen LogP contribution in [-0.2, 0) is 6.42 Å². The van der Waals surface area contributed by atoms with Gasteiger partial charge in [-0.25, -0.2) is 0 Å².